The van der Waals surface area contributed by atoms with Crippen molar-refractivity contribution in [3.63, 3.8) is 0 Å². The van der Waals surface area contributed by atoms with Gasteiger partial charge in [-0.05, 0) is 103 Å². The lowest BCUT2D eigenvalue weighted by molar-refractivity contribution is -0.137. The number of carbonyl (C=O) groups is 4. The van der Waals surface area contributed by atoms with Crippen LogP contribution in [0, 0.1) is 11.8 Å². The van der Waals surface area contributed by atoms with Gasteiger partial charge in [-0.3, -0.25) is 9.59 Å². The molecule has 0 radical (unpaired) electrons. The number of methoxy groups -OCH3 is 2. The van der Waals surface area contributed by atoms with E-state index in [4.69, 9.17) is 24.2 Å². The molecule has 1 aliphatic carbocycles. The fraction of sp³-hybridized carbons (Fsp3) is 0.458. The van der Waals surface area contributed by atoms with Crippen LogP contribution in [0.2, 0.25) is 0 Å². The second-order valence-corrected chi connectivity index (χ2v) is 17.6. The number of aromatic amines is 2. The summed E-state index contributed by atoms with van der Waals surface area (Å²) in [6, 6.07) is 17.8. The van der Waals surface area contributed by atoms with Crippen LogP contribution in [0.5, 0.6) is 0 Å². The molecule has 0 bridgehead atoms. The second-order valence-electron chi connectivity index (χ2n) is 17.6. The topological polar surface area (TPSA) is 184 Å². The number of carbonyl (C=O) groups excluding carboxylic acids is 4. The van der Waals surface area contributed by atoms with Crippen LogP contribution in [-0.4, -0.2) is 106 Å². The molecule has 3 saturated heterocycles. The van der Waals surface area contributed by atoms with Gasteiger partial charge in [-0.1, -0.05) is 56.3 Å². The molecule has 5 aromatic rings. The second kappa shape index (κ2) is 17.9. The summed E-state index contributed by atoms with van der Waals surface area (Å²) in [4.78, 5) is 72.8. The zero-order valence-corrected chi connectivity index (χ0v) is 36.4. The Morgan fingerprint density at radius 3 is 2.10 bits per heavy atom. The molecule has 330 valence electrons. The van der Waals surface area contributed by atoms with Crippen molar-refractivity contribution in [3.8, 4) is 33.6 Å². The Balaban J connectivity index is 0.899. The SMILES string of the molecule is COC(=O)NC(C(=O)N1CCC[C@H]1c1ncc(-c2ccc3cc(-c4ccc5c(c4)CCc4nc([C@@H]6CCCN6C(=O)[C@@H](NC(=O)OC)C(C)C)[nH]c4-5)ccc3c2)[nH]1)C1CCOCC1. The quantitative estimate of drug-likeness (QED) is 0.112. The van der Waals surface area contributed by atoms with Crippen molar-refractivity contribution < 1.29 is 33.4 Å². The Bertz CT molecular complexity index is 2520. The number of ether oxygens (including phenoxy) is 3. The van der Waals surface area contributed by atoms with Gasteiger partial charge in [-0.25, -0.2) is 19.6 Å². The Labute approximate surface area is 366 Å². The van der Waals surface area contributed by atoms with E-state index in [1.165, 1.54) is 19.8 Å². The molecular formula is C48H56N8O7. The molecule has 0 saturated carbocycles. The smallest absolute Gasteiger partial charge is 0.407 e. The summed E-state index contributed by atoms with van der Waals surface area (Å²) in [6.07, 6.45) is 6.97. The average molecular weight is 857 g/mol. The molecule has 9 rings (SSSR count). The number of alkyl carbamates (subject to hydrolysis) is 2. The molecule has 5 heterocycles. The van der Waals surface area contributed by atoms with Crippen LogP contribution in [0.3, 0.4) is 0 Å². The maximum absolute atomic E-state index is 14.0. The van der Waals surface area contributed by atoms with E-state index in [2.05, 4.69) is 75.2 Å². The summed E-state index contributed by atoms with van der Waals surface area (Å²) in [5.74, 6) is 1.18. The summed E-state index contributed by atoms with van der Waals surface area (Å²) in [5.41, 5.74) is 8.57. The predicted molar refractivity (Wildman–Crippen MR) is 236 cm³/mol. The molecule has 63 heavy (non-hydrogen) atoms. The molecule has 3 aromatic carbocycles. The molecule has 15 heteroatoms. The zero-order chi connectivity index (χ0) is 43.8. The highest BCUT2D eigenvalue weighted by molar-refractivity contribution is 5.91. The van der Waals surface area contributed by atoms with Crippen LogP contribution in [0.4, 0.5) is 9.59 Å². The monoisotopic (exact) mass is 856 g/mol. The number of nitrogens with one attached hydrogen (secondary N) is 4. The van der Waals surface area contributed by atoms with Gasteiger partial charge in [0.25, 0.3) is 0 Å². The summed E-state index contributed by atoms with van der Waals surface area (Å²) in [7, 11) is 2.62. The average Bonchev–Trinajstić information content (AvgIpc) is 4.16. The van der Waals surface area contributed by atoms with Gasteiger partial charge in [-0.2, -0.15) is 0 Å². The third-order valence-corrected chi connectivity index (χ3v) is 13.4. The van der Waals surface area contributed by atoms with Gasteiger partial charge in [-0.15, -0.1) is 0 Å². The van der Waals surface area contributed by atoms with E-state index in [-0.39, 0.29) is 35.7 Å². The standard InChI is InChI=1S/C48H56N8O7/c1-27(2)40(53-47(59)61-3)45(57)56-20-6-8-39(56)44-50-36-16-14-33-24-32(13-15-35(33)42(36)52-44)29-9-10-31-25-34(12-11-30(31)23-29)37-26-49-43(51-37)38-7-5-19-55(38)46(58)41(54-48(60)62-4)28-17-21-63-22-18-28/h9-13,15,23-28,38-41H,5-8,14,16-22H2,1-4H3,(H,49,51)(H,50,52)(H,53,59)(H,54,60)/t38-,39-,40-,41?/m0/s1. The largest absolute Gasteiger partial charge is 0.453 e. The normalized spacial score (nSPS) is 19.7. The van der Waals surface area contributed by atoms with E-state index < -0.39 is 24.3 Å². The van der Waals surface area contributed by atoms with Crippen LogP contribution in [-0.2, 0) is 36.6 Å². The maximum atomic E-state index is 14.0. The highest BCUT2D eigenvalue weighted by atomic mass is 16.5. The summed E-state index contributed by atoms with van der Waals surface area (Å²) < 4.78 is 15.2. The Hall–Kier alpha value is -6.22. The molecule has 15 nitrogen and oxygen atoms in total. The van der Waals surface area contributed by atoms with Crippen molar-refractivity contribution in [1.82, 2.24) is 40.4 Å². The molecule has 4 aliphatic rings. The maximum Gasteiger partial charge on any atom is 0.407 e. The Morgan fingerprint density at radius 2 is 1.38 bits per heavy atom. The zero-order valence-electron chi connectivity index (χ0n) is 36.4. The van der Waals surface area contributed by atoms with Crippen molar-refractivity contribution in [2.75, 3.05) is 40.5 Å². The minimum atomic E-state index is -0.683. The number of imidazole rings is 2. The Morgan fingerprint density at radius 1 is 0.746 bits per heavy atom. The lowest BCUT2D eigenvalue weighted by atomic mass is 9.89. The Kier molecular flexibility index (Phi) is 11.9. The van der Waals surface area contributed by atoms with Crippen molar-refractivity contribution in [1.29, 1.82) is 0 Å². The van der Waals surface area contributed by atoms with Crippen molar-refractivity contribution in [2.24, 2.45) is 11.8 Å². The number of amides is 4. The molecule has 4 atom stereocenters. The van der Waals surface area contributed by atoms with E-state index in [0.29, 0.717) is 39.1 Å². The van der Waals surface area contributed by atoms with Crippen molar-refractivity contribution in [2.45, 2.75) is 89.4 Å². The summed E-state index contributed by atoms with van der Waals surface area (Å²) in [6.45, 7) is 6.17. The van der Waals surface area contributed by atoms with Crippen LogP contribution < -0.4 is 10.6 Å². The third-order valence-electron chi connectivity index (χ3n) is 13.4. The number of nitrogens with zero attached hydrogens (tertiary/aromatic N) is 4. The number of aromatic nitrogens is 4. The molecular weight excluding hydrogens is 801 g/mol. The van der Waals surface area contributed by atoms with E-state index in [1.807, 2.05) is 29.8 Å². The van der Waals surface area contributed by atoms with E-state index >= 15 is 0 Å². The molecule has 1 unspecified atom stereocenters. The fourth-order valence-electron chi connectivity index (χ4n) is 10.0. The van der Waals surface area contributed by atoms with Crippen LogP contribution in [0.25, 0.3) is 44.4 Å². The highest BCUT2D eigenvalue weighted by Crippen LogP contribution is 2.40. The van der Waals surface area contributed by atoms with Gasteiger partial charge >= 0.3 is 12.2 Å². The number of rotatable bonds is 10. The first kappa shape index (κ1) is 42.1. The third kappa shape index (κ3) is 8.38. The molecule has 3 fully saturated rings. The molecule has 3 aliphatic heterocycles. The molecule has 4 N–H and O–H groups in total. The van der Waals surface area contributed by atoms with E-state index in [1.54, 1.807) is 0 Å². The number of H-pyrrole nitrogens is 2. The van der Waals surface area contributed by atoms with Gasteiger partial charge in [0.2, 0.25) is 11.8 Å². The molecule has 4 amide bonds. The van der Waals surface area contributed by atoms with Crippen LogP contribution in [0.1, 0.15) is 87.4 Å². The number of hydrogen-bond acceptors (Lipinski definition) is 9. The molecule has 2 aromatic heterocycles. The van der Waals surface area contributed by atoms with Gasteiger partial charge in [0, 0.05) is 37.4 Å². The highest BCUT2D eigenvalue weighted by Gasteiger charge is 2.41. The summed E-state index contributed by atoms with van der Waals surface area (Å²) in [5, 5.41) is 7.78. The minimum absolute atomic E-state index is 0.0265. The van der Waals surface area contributed by atoms with E-state index in [0.717, 1.165) is 100 Å². The van der Waals surface area contributed by atoms with Gasteiger partial charge in [0.15, 0.2) is 0 Å². The van der Waals surface area contributed by atoms with Crippen molar-refractivity contribution in [3.05, 3.63) is 83.7 Å². The van der Waals surface area contributed by atoms with Crippen LogP contribution >= 0.6 is 0 Å². The number of benzene rings is 3. The van der Waals surface area contributed by atoms with Crippen molar-refractivity contribution >= 4 is 34.8 Å². The lowest BCUT2D eigenvalue weighted by Gasteiger charge is -2.34. The first-order chi connectivity index (χ1) is 30.6. The number of hydrogen-bond donors (Lipinski definition) is 4. The summed E-state index contributed by atoms with van der Waals surface area (Å²) >= 11 is 0. The first-order valence-electron chi connectivity index (χ1n) is 22.3. The van der Waals surface area contributed by atoms with Gasteiger partial charge in [0.1, 0.15) is 23.7 Å². The first-order valence-corrected chi connectivity index (χ1v) is 22.3. The van der Waals surface area contributed by atoms with Gasteiger partial charge in [0.05, 0.1) is 49.6 Å². The van der Waals surface area contributed by atoms with E-state index in [9.17, 15) is 19.2 Å². The number of fused-ring (bicyclic) bond motifs is 4. The lowest BCUT2D eigenvalue weighted by Crippen LogP contribution is -2.53. The minimum Gasteiger partial charge on any atom is -0.453 e. The number of aryl methyl sites for hydroxylation is 2. The van der Waals surface area contributed by atoms with Crippen LogP contribution in [0.15, 0.2) is 60.8 Å². The molecule has 0 spiro atoms. The fourth-order valence-corrected chi connectivity index (χ4v) is 10.0. The number of likely N-dealkylation sites (tertiary alicyclic amines) is 2. The van der Waals surface area contributed by atoms with Gasteiger partial charge < -0.3 is 44.6 Å². The predicted octanol–water partition coefficient (Wildman–Crippen LogP) is 7.24.